The predicted molar refractivity (Wildman–Crippen MR) is 90.0 cm³/mol. The summed E-state index contributed by atoms with van der Waals surface area (Å²) in [7, 11) is 0. The average Bonchev–Trinajstić information content (AvgIpc) is 3.07. The van der Waals surface area contributed by atoms with Crippen molar-refractivity contribution in [1.82, 2.24) is 0 Å². The molecule has 0 aliphatic carbocycles. The zero-order valence-electron chi connectivity index (χ0n) is 12.2. The number of anilines is 1. The summed E-state index contributed by atoms with van der Waals surface area (Å²) in [4.78, 5) is 27.0. The van der Waals surface area contributed by atoms with Gasteiger partial charge >= 0.3 is 0 Å². The van der Waals surface area contributed by atoms with Crippen molar-refractivity contribution in [2.75, 3.05) is 4.90 Å². The molecule has 0 radical (unpaired) electrons. The van der Waals surface area contributed by atoms with Crippen LogP contribution in [0.4, 0.5) is 5.69 Å². The van der Waals surface area contributed by atoms with Gasteiger partial charge in [0.1, 0.15) is 0 Å². The summed E-state index contributed by atoms with van der Waals surface area (Å²) in [5.41, 5.74) is 2.17. The zero-order chi connectivity index (χ0) is 15.7. The Balaban J connectivity index is 1.66. The number of Topliss-reactive ketones (excluding diaryl/α,β-unsaturated/α-hetero) is 1. The van der Waals surface area contributed by atoms with Crippen molar-refractivity contribution in [3.05, 3.63) is 51.2 Å². The SMILES string of the molecule is CC1Cc2ccccc2N1C(=O)CCC(=O)c1ccc(Cl)s1. The van der Waals surface area contributed by atoms with E-state index in [1.807, 2.05) is 30.0 Å². The first kappa shape index (κ1) is 15.3. The lowest BCUT2D eigenvalue weighted by molar-refractivity contribution is -0.118. The highest BCUT2D eigenvalue weighted by Gasteiger charge is 2.30. The highest BCUT2D eigenvalue weighted by atomic mass is 35.5. The third-order valence-electron chi connectivity index (χ3n) is 3.89. The number of rotatable bonds is 4. The van der Waals surface area contributed by atoms with E-state index in [0.717, 1.165) is 12.1 Å². The molecule has 1 atom stereocenters. The van der Waals surface area contributed by atoms with Gasteiger partial charge in [-0.25, -0.2) is 0 Å². The Labute approximate surface area is 138 Å². The lowest BCUT2D eigenvalue weighted by Crippen LogP contribution is -2.35. The normalized spacial score (nSPS) is 16.6. The van der Waals surface area contributed by atoms with Crippen LogP contribution < -0.4 is 4.90 Å². The third kappa shape index (κ3) is 2.94. The lowest BCUT2D eigenvalue weighted by Gasteiger charge is -2.22. The van der Waals surface area contributed by atoms with E-state index in [2.05, 4.69) is 6.07 Å². The Kier molecular flexibility index (Phi) is 4.32. The molecule has 0 fully saturated rings. The van der Waals surface area contributed by atoms with Gasteiger partial charge < -0.3 is 4.90 Å². The van der Waals surface area contributed by atoms with Gasteiger partial charge in [-0.2, -0.15) is 0 Å². The maximum atomic E-state index is 12.5. The molecular weight excluding hydrogens is 318 g/mol. The van der Waals surface area contributed by atoms with Gasteiger partial charge in [-0.3, -0.25) is 9.59 Å². The summed E-state index contributed by atoms with van der Waals surface area (Å²) in [6.07, 6.45) is 1.32. The van der Waals surface area contributed by atoms with Gasteiger partial charge in [0.05, 0.1) is 9.21 Å². The summed E-state index contributed by atoms with van der Waals surface area (Å²) < 4.78 is 0.594. The molecule has 0 saturated heterocycles. The Morgan fingerprint density at radius 2 is 2.00 bits per heavy atom. The van der Waals surface area contributed by atoms with Crippen molar-refractivity contribution < 1.29 is 9.59 Å². The van der Waals surface area contributed by atoms with E-state index >= 15 is 0 Å². The minimum absolute atomic E-state index is 0.00783. The van der Waals surface area contributed by atoms with Gasteiger partial charge in [-0.15, -0.1) is 11.3 Å². The van der Waals surface area contributed by atoms with E-state index in [-0.39, 0.29) is 30.6 Å². The third-order valence-corrected chi connectivity index (χ3v) is 5.16. The number of hydrogen-bond donors (Lipinski definition) is 0. The predicted octanol–water partition coefficient (Wildman–Crippen LogP) is 4.34. The maximum Gasteiger partial charge on any atom is 0.227 e. The first-order chi connectivity index (χ1) is 10.6. The molecule has 2 heterocycles. The first-order valence-corrected chi connectivity index (χ1v) is 8.44. The van der Waals surface area contributed by atoms with Crippen molar-refractivity contribution >= 4 is 40.3 Å². The summed E-state index contributed by atoms with van der Waals surface area (Å²) in [6, 6.07) is 11.5. The van der Waals surface area contributed by atoms with Crippen molar-refractivity contribution in [2.45, 2.75) is 32.2 Å². The van der Waals surface area contributed by atoms with Crippen LogP contribution in [0.2, 0.25) is 4.34 Å². The number of thiophene rings is 1. The van der Waals surface area contributed by atoms with Crippen LogP contribution >= 0.6 is 22.9 Å². The van der Waals surface area contributed by atoms with Crippen LogP contribution in [0.5, 0.6) is 0 Å². The molecule has 2 aromatic rings. The van der Waals surface area contributed by atoms with Crippen molar-refractivity contribution in [1.29, 1.82) is 0 Å². The Bertz CT molecular complexity index is 725. The van der Waals surface area contributed by atoms with Gasteiger partial charge in [-0.1, -0.05) is 29.8 Å². The second-order valence-electron chi connectivity index (χ2n) is 5.47. The molecule has 0 saturated carbocycles. The molecule has 0 spiro atoms. The van der Waals surface area contributed by atoms with E-state index in [4.69, 9.17) is 11.6 Å². The highest BCUT2D eigenvalue weighted by Crippen LogP contribution is 2.32. The lowest BCUT2D eigenvalue weighted by atomic mass is 10.1. The smallest absolute Gasteiger partial charge is 0.227 e. The summed E-state index contributed by atoms with van der Waals surface area (Å²) >= 11 is 7.10. The van der Waals surface area contributed by atoms with Crippen LogP contribution in [-0.2, 0) is 11.2 Å². The number of ketones is 1. The number of nitrogens with zero attached hydrogens (tertiary/aromatic N) is 1. The van der Waals surface area contributed by atoms with Crippen molar-refractivity contribution in [3.63, 3.8) is 0 Å². The fourth-order valence-electron chi connectivity index (χ4n) is 2.87. The van der Waals surface area contributed by atoms with Crippen molar-refractivity contribution in [3.8, 4) is 0 Å². The number of carbonyl (C=O) groups is 2. The molecule has 1 aliphatic rings. The topological polar surface area (TPSA) is 37.4 Å². The molecule has 1 aromatic carbocycles. The fourth-order valence-corrected chi connectivity index (χ4v) is 3.88. The van der Waals surface area contributed by atoms with E-state index in [0.29, 0.717) is 9.21 Å². The Morgan fingerprint density at radius 1 is 1.23 bits per heavy atom. The van der Waals surface area contributed by atoms with E-state index in [9.17, 15) is 9.59 Å². The molecule has 1 aromatic heterocycles. The van der Waals surface area contributed by atoms with Gasteiger partial charge in [-0.05, 0) is 37.1 Å². The van der Waals surface area contributed by atoms with E-state index in [1.165, 1.54) is 16.9 Å². The van der Waals surface area contributed by atoms with Gasteiger partial charge in [0.2, 0.25) is 5.91 Å². The first-order valence-electron chi connectivity index (χ1n) is 7.25. The molecule has 3 rings (SSSR count). The highest BCUT2D eigenvalue weighted by molar-refractivity contribution is 7.18. The quantitative estimate of drug-likeness (QED) is 0.780. The van der Waals surface area contributed by atoms with Gasteiger partial charge in [0.15, 0.2) is 5.78 Å². The fraction of sp³-hybridized carbons (Fsp3) is 0.294. The molecule has 0 bridgehead atoms. The van der Waals surface area contributed by atoms with Crippen LogP contribution in [0, 0.1) is 0 Å². The molecule has 3 nitrogen and oxygen atoms in total. The molecule has 5 heteroatoms. The van der Waals surface area contributed by atoms with Crippen LogP contribution in [0.15, 0.2) is 36.4 Å². The van der Waals surface area contributed by atoms with Gasteiger partial charge in [0.25, 0.3) is 0 Å². The molecule has 1 amide bonds. The number of carbonyl (C=O) groups excluding carboxylic acids is 2. The molecule has 1 aliphatic heterocycles. The van der Waals surface area contributed by atoms with Crippen LogP contribution in [-0.4, -0.2) is 17.7 Å². The largest absolute Gasteiger partial charge is 0.309 e. The summed E-state index contributed by atoms with van der Waals surface area (Å²) in [5.74, 6) is -0.0150. The van der Waals surface area contributed by atoms with E-state index < -0.39 is 0 Å². The average molecular weight is 334 g/mol. The number of amides is 1. The monoisotopic (exact) mass is 333 g/mol. The zero-order valence-corrected chi connectivity index (χ0v) is 13.8. The number of hydrogen-bond acceptors (Lipinski definition) is 3. The Morgan fingerprint density at radius 3 is 2.73 bits per heavy atom. The number of fused-ring (bicyclic) bond motifs is 1. The minimum atomic E-state index is -0.0228. The van der Waals surface area contributed by atoms with Crippen molar-refractivity contribution in [2.24, 2.45) is 0 Å². The summed E-state index contributed by atoms with van der Waals surface area (Å²) in [5, 5.41) is 0. The van der Waals surface area contributed by atoms with Crippen LogP contribution in [0.1, 0.15) is 35.0 Å². The van der Waals surface area contributed by atoms with Crippen LogP contribution in [0.3, 0.4) is 0 Å². The number of para-hydroxylation sites is 1. The Hall–Kier alpha value is -1.65. The molecule has 22 heavy (non-hydrogen) atoms. The molecule has 1 unspecified atom stereocenters. The number of halogens is 1. The maximum absolute atomic E-state index is 12.5. The standard InChI is InChI=1S/C17H16ClNO2S/c1-11-10-12-4-2-3-5-13(12)19(11)17(21)9-6-14(20)15-7-8-16(18)22-15/h2-5,7-8,11H,6,9-10H2,1H3. The van der Waals surface area contributed by atoms with E-state index in [1.54, 1.807) is 12.1 Å². The van der Waals surface area contributed by atoms with Crippen LogP contribution in [0.25, 0.3) is 0 Å². The molecular formula is C17H16ClNO2S. The number of benzene rings is 1. The molecule has 0 N–H and O–H groups in total. The minimum Gasteiger partial charge on any atom is -0.309 e. The summed E-state index contributed by atoms with van der Waals surface area (Å²) in [6.45, 7) is 2.04. The second-order valence-corrected chi connectivity index (χ2v) is 7.19. The second kappa shape index (κ2) is 6.23. The molecule has 114 valence electrons. The van der Waals surface area contributed by atoms with Gasteiger partial charge in [0, 0.05) is 24.6 Å².